The summed E-state index contributed by atoms with van der Waals surface area (Å²) in [5.74, 6) is 0.708. The number of aromatic hydroxyl groups is 1. The summed E-state index contributed by atoms with van der Waals surface area (Å²) in [5, 5.41) is 13.2. The highest BCUT2D eigenvalue weighted by molar-refractivity contribution is 9.10. The molecule has 4 heteroatoms. The first-order valence-electron chi connectivity index (χ1n) is 5.52. The Morgan fingerprint density at radius 2 is 2.25 bits per heavy atom. The zero-order valence-corrected chi connectivity index (χ0v) is 10.9. The predicted molar refractivity (Wildman–Crippen MR) is 67.0 cm³/mol. The van der Waals surface area contributed by atoms with Crippen LogP contribution in [0.1, 0.15) is 30.9 Å². The van der Waals surface area contributed by atoms with Crippen molar-refractivity contribution in [3.05, 3.63) is 22.2 Å². The van der Waals surface area contributed by atoms with E-state index < -0.39 is 0 Å². The van der Waals surface area contributed by atoms with Gasteiger partial charge in [0.15, 0.2) is 11.5 Å². The number of hydrogen-bond donors (Lipinski definition) is 2. The first-order chi connectivity index (χ1) is 7.72. The standard InChI is InChI=1S/C12H16BrNO2/c1-16-12-7-9(13)8(6-11(12)15)10-4-2-3-5-14-10/h6-7,10,14-15H,2-5H2,1H3. The van der Waals surface area contributed by atoms with Gasteiger partial charge < -0.3 is 15.2 Å². The van der Waals surface area contributed by atoms with Gasteiger partial charge in [-0.25, -0.2) is 0 Å². The second-order valence-corrected chi connectivity index (χ2v) is 4.90. The quantitative estimate of drug-likeness (QED) is 0.878. The fourth-order valence-corrected chi connectivity index (χ4v) is 2.71. The predicted octanol–water partition coefficient (Wildman–Crippen LogP) is 2.98. The van der Waals surface area contributed by atoms with Crippen LogP contribution in [0.15, 0.2) is 16.6 Å². The number of hydrogen-bond acceptors (Lipinski definition) is 3. The third kappa shape index (κ3) is 2.33. The molecule has 1 aromatic carbocycles. The van der Waals surface area contributed by atoms with E-state index in [1.165, 1.54) is 12.8 Å². The van der Waals surface area contributed by atoms with Crippen molar-refractivity contribution < 1.29 is 9.84 Å². The minimum absolute atomic E-state index is 0.202. The maximum atomic E-state index is 9.77. The first kappa shape index (κ1) is 11.7. The maximum Gasteiger partial charge on any atom is 0.161 e. The highest BCUT2D eigenvalue weighted by Crippen LogP contribution is 2.37. The molecule has 1 heterocycles. The van der Waals surface area contributed by atoms with Gasteiger partial charge in [-0.1, -0.05) is 22.4 Å². The van der Waals surface area contributed by atoms with Gasteiger partial charge in [0.25, 0.3) is 0 Å². The van der Waals surface area contributed by atoms with E-state index in [1.54, 1.807) is 13.2 Å². The Morgan fingerprint density at radius 3 is 2.88 bits per heavy atom. The lowest BCUT2D eigenvalue weighted by Gasteiger charge is -2.25. The van der Waals surface area contributed by atoms with Gasteiger partial charge in [-0.05, 0) is 37.1 Å². The Kier molecular flexibility index (Phi) is 3.71. The van der Waals surface area contributed by atoms with Crippen molar-refractivity contribution in [1.82, 2.24) is 5.32 Å². The third-order valence-corrected chi connectivity index (χ3v) is 3.67. The molecule has 1 aliphatic rings. The Bertz CT molecular complexity index is 376. The molecule has 1 aromatic rings. The fourth-order valence-electron chi connectivity index (χ4n) is 2.11. The van der Waals surface area contributed by atoms with Gasteiger partial charge in [0, 0.05) is 10.5 Å². The smallest absolute Gasteiger partial charge is 0.161 e. The van der Waals surface area contributed by atoms with E-state index in [0.29, 0.717) is 11.8 Å². The summed E-state index contributed by atoms with van der Waals surface area (Å²) in [7, 11) is 1.56. The number of halogens is 1. The van der Waals surface area contributed by atoms with Gasteiger partial charge in [0.05, 0.1) is 7.11 Å². The Morgan fingerprint density at radius 1 is 1.44 bits per heavy atom. The first-order valence-corrected chi connectivity index (χ1v) is 6.31. The zero-order chi connectivity index (χ0) is 11.5. The average Bonchev–Trinajstić information content (AvgIpc) is 2.32. The SMILES string of the molecule is COc1cc(Br)c(C2CCCCN2)cc1O. The van der Waals surface area contributed by atoms with Gasteiger partial charge in [-0.15, -0.1) is 0 Å². The van der Waals surface area contributed by atoms with E-state index >= 15 is 0 Å². The van der Waals surface area contributed by atoms with Gasteiger partial charge in [-0.2, -0.15) is 0 Å². The number of benzene rings is 1. The van der Waals surface area contributed by atoms with E-state index in [0.717, 1.165) is 23.0 Å². The summed E-state index contributed by atoms with van der Waals surface area (Å²) >= 11 is 3.53. The lowest BCUT2D eigenvalue weighted by Crippen LogP contribution is -2.27. The minimum Gasteiger partial charge on any atom is -0.504 e. The molecule has 0 bridgehead atoms. The zero-order valence-electron chi connectivity index (χ0n) is 9.29. The Labute approximate surface area is 104 Å². The van der Waals surface area contributed by atoms with Crippen LogP contribution < -0.4 is 10.1 Å². The van der Waals surface area contributed by atoms with Crippen molar-refractivity contribution in [2.75, 3.05) is 13.7 Å². The number of nitrogens with one attached hydrogen (secondary N) is 1. The molecular formula is C12H16BrNO2. The van der Waals surface area contributed by atoms with Crippen molar-refractivity contribution in [3.8, 4) is 11.5 Å². The molecule has 3 nitrogen and oxygen atoms in total. The topological polar surface area (TPSA) is 41.5 Å². The summed E-state index contributed by atoms with van der Waals surface area (Å²) in [6.07, 6.45) is 3.58. The number of phenolic OH excluding ortho intramolecular Hbond substituents is 1. The monoisotopic (exact) mass is 285 g/mol. The molecule has 0 saturated carbocycles. The molecule has 2 rings (SSSR count). The molecule has 1 saturated heterocycles. The molecule has 1 fully saturated rings. The third-order valence-electron chi connectivity index (χ3n) is 2.98. The second-order valence-electron chi connectivity index (χ2n) is 4.05. The lowest BCUT2D eigenvalue weighted by molar-refractivity contribution is 0.369. The maximum absolute atomic E-state index is 9.77. The summed E-state index contributed by atoms with van der Waals surface area (Å²) in [5.41, 5.74) is 1.11. The number of ether oxygens (including phenoxy) is 1. The van der Waals surface area contributed by atoms with Crippen molar-refractivity contribution in [2.24, 2.45) is 0 Å². The number of phenols is 1. The molecule has 0 aromatic heterocycles. The molecule has 1 aliphatic heterocycles. The minimum atomic E-state index is 0.202. The normalized spacial score (nSPS) is 20.8. The lowest BCUT2D eigenvalue weighted by atomic mass is 9.97. The molecular weight excluding hydrogens is 270 g/mol. The van der Waals surface area contributed by atoms with Crippen LogP contribution in [0.2, 0.25) is 0 Å². The molecule has 1 unspecified atom stereocenters. The molecule has 0 radical (unpaired) electrons. The van der Waals surface area contributed by atoms with E-state index in [1.807, 2.05) is 6.07 Å². The van der Waals surface area contributed by atoms with Crippen molar-refractivity contribution in [3.63, 3.8) is 0 Å². The molecule has 88 valence electrons. The van der Waals surface area contributed by atoms with Crippen LogP contribution in [-0.2, 0) is 0 Å². The van der Waals surface area contributed by atoms with Crippen LogP contribution in [0.25, 0.3) is 0 Å². The van der Waals surface area contributed by atoms with Gasteiger partial charge in [-0.3, -0.25) is 0 Å². The van der Waals surface area contributed by atoms with Crippen LogP contribution in [0.4, 0.5) is 0 Å². The van der Waals surface area contributed by atoms with Crippen LogP contribution in [-0.4, -0.2) is 18.8 Å². The largest absolute Gasteiger partial charge is 0.504 e. The van der Waals surface area contributed by atoms with Crippen LogP contribution in [0.5, 0.6) is 11.5 Å². The molecule has 2 N–H and O–H groups in total. The van der Waals surface area contributed by atoms with Crippen LogP contribution >= 0.6 is 15.9 Å². The highest BCUT2D eigenvalue weighted by Gasteiger charge is 2.19. The molecule has 16 heavy (non-hydrogen) atoms. The van der Waals surface area contributed by atoms with Gasteiger partial charge in [0.2, 0.25) is 0 Å². The van der Waals surface area contributed by atoms with E-state index in [4.69, 9.17) is 4.74 Å². The summed E-state index contributed by atoms with van der Waals surface area (Å²) < 4.78 is 6.06. The van der Waals surface area contributed by atoms with Crippen LogP contribution in [0, 0.1) is 0 Å². The van der Waals surface area contributed by atoms with Crippen molar-refractivity contribution in [2.45, 2.75) is 25.3 Å². The summed E-state index contributed by atoms with van der Waals surface area (Å²) in [6, 6.07) is 3.94. The second kappa shape index (κ2) is 5.06. The number of piperidine rings is 1. The van der Waals surface area contributed by atoms with Crippen molar-refractivity contribution >= 4 is 15.9 Å². The van der Waals surface area contributed by atoms with E-state index in [9.17, 15) is 5.11 Å². The fraction of sp³-hybridized carbons (Fsp3) is 0.500. The average molecular weight is 286 g/mol. The van der Waals surface area contributed by atoms with E-state index in [-0.39, 0.29) is 5.75 Å². The highest BCUT2D eigenvalue weighted by atomic mass is 79.9. The Balaban J connectivity index is 2.29. The molecule has 0 amide bonds. The molecule has 0 spiro atoms. The van der Waals surface area contributed by atoms with Gasteiger partial charge in [0.1, 0.15) is 0 Å². The molecule has 0 aliphatic carbocycles. The summed E-state index contributed by atoms with van der Waals surface area (Å²) in [6.45, 7) is 1.05. The van der Waals surface area contributed by atoms with Crippen LogP contribution in [0.3, 0.4) is 0 Å². The number of rotatable bonds is 2. The van der Waals surface area contributed by atoms with Crippen molar-refractivity contribution in [1.29, 1.82) is 0 Å². The van der Waals surface area contributed by atoms with E-state index in [2.05, 4.69) is 21.2 Å². The molecule has 1 atom stereocenters. The van der Waals surface area contributed by atoms with Gasteiger partial charge >= 0.3 is 0 Å². The number of methoxy groups -OCH3 is 1. The summed E-state index contributed by atoms with van der Waals surface area (Å²) in [4.78, 5) is 0. The Hall–Kier alpha value is -0.740.